The molecule has 0 aromatic carbocycles. The molecule has 2 amide bonds. The predicted molar refractivity (Wildman–Crippen MR) is 87.7 cm³/mol. The van der Waals surface area contributed by atoms with Crippen molar-refractivity contribution in [3.05, 3.63) is 17.5 Å². The molecule has 1 aliphatic rings. The number of hydrogen-bond donors (Lipinski definition) is 2. The van der Waals surface area contributed by atoms with Gasteiger partial charge in [0.2, 0.25) is 11.9 Å². The lowest BCUT2D eigenvalue weighted by atomic mass is 10.0. The molecule has 1 saturated heterocycles. The number of piperidine rings is 1. The molecule has 3 N–H and O–H groups in total. The van der Waals surface area contributed by atoms with Gasteiger partial charge in [0.1, 0.15) is 11.7 Å². The van der Waals surface area contributed by atoms with Crippen LogP contribution in [0.1, 0.15) is 49.3 Å². The van der Waals surface area contributed by atoms with Gasteiger partial charge in [0.25, 0.3) is 5.91 Å². The smallest absolute Gasteiger partial charge is 0.273 e. The fraction of sp³-hybridized carbons (Fsp3) is 0.625. The number of anilines is 1. The van der Waals surface area contributed by atoms with Crippen molar-refractivity contribution >= 4 is 17.8 Å². The molecule has 0 spiro atoms. The Morgan fingerprint density at radius 3 is 2.78 bits per heavy atom. The maximum absolute atomic E-state index is 12.8. The lowest BCUT2D eigenvalue weighted by Crippen LogP contribution is -2.51. The first-order chi connectivity index (χ1) is 10.9. The van der Waals surface area contributed by atoms with E-state index < -0.39 is 6.04 Å². The number of carbonyl (C=O) groups is 2. The van der Waals surface area contributed by atoms with E-state index >= 15 is 0 Å². The molecule has 2 rings (SSSR count). The average Bonchev–Trinajstić information content (AvgIpc) is 2.52. The first kappa shape index (κ1) is 17.2. The average molecular weight is 319 g/mol. The maximum atomic E-state index is 12.8. The number of hydrogen-bond acceptors (Lipinski definition) is 5. The first-order valence-corrected chi connectivity index (χ1v) is 8.08. The molecule has 23 heavy (non-hydrogen) atoms. The lowest BCUT2D eigenvalue weighted by molar-refractivity contribution is -0.126. The van der Waals surface area contributed by atoms with E-state index in [1.54, 1.807) is 18.0 Å². The number of rotatable bonds is 4. The van der Waals surface area contributed by atoms with Crippen LogP contribution in [0.25, 0.3) is 0 Å². The van der Waals surface area contributed by atoms with E-state index in [1.807, 2.05) is 0 Å². The van der Waals surface area contributed by atoms with Crippen molar-refractivity contribution in [3.8, 4) is 0 Å². The second kappa shape index (κ2) is 7.39. The number of amides is 2. The number of nitrogens with one attached hydrogen (secondary N) is 1. The van der Waals surface area contributed by atoms with Gasteiger partial charge in [-0.15, -0.1) is 0 Å². The van der Waals surface area contributed by atoms with Crippen LogP contribution in [-0.4, -0.2) is 46.3 Å². The van der Waals surface area contributed by atoms with Crippen molar-refractivity contribution in [3.63, 3.8) is 0 Å². The van der Waals surface area contributed by atoms with Crippen molar-refractivity contribution in [1.82, 2.24) is 20.2 Å². The number of nitrogen functional groups attached to an aromatic ring is 1. The molecule has 0 radical (unpaired) electrons. The van der Waals surface area contributed by atoms with Gasteiger partial charge in [0.15, 0.2) is 0 Å². The molecule has 0 aliphatic carbocycles. The Balaban J connectivity index is 2.27. The third-order valence-electron chi connectivity index (χ3n) is 3.95. The van der Waals surface area contributed by atoms with Crippen molar-refractivity contribution < 1.29 is 9.59 Å². The molecule has 1 aromatic rings. The summed E-state index contributed by atoms with van der Waals surface area (Å²) in [5.41, 5.74) is 6.77. The summed E-state index contributed by atoms with van der Waals surface area (Å²) in [7, 11) is 1.59. The zero-order valence-corrected chi connectivity index (χ0v) is 14.0. The molecule has 1 aromatic heterocycles. The summed E-state index contributed by atoms with van der Waals surface area (Å²) in [6, 6.07) is 1.25. The van der Waals surface area contributed by atoms with E-state index in [9.17, 15) is 9.59 Å². The van der Waals surface area contributed by atoms with Gasteiger partial charge in [-0.1, -0.05) is 13.8 Å². The molecule has 1 fully saturated rings. The molecule has 0 unspecified atom stereocenters. The number of likely N-dealkylation sites (N-methyl/N-ethyl adjacent to an activating group) is 1. The van der Waals surface area contributed by atoms with Crippen LogP contribution in [0.4, 0.5) is 5.95 Å². The molecular weight excluding hydrogens is 294 g/mol. The maximum Gasteiger partial charge on any atom is 0.273 e. The molecule has 1 aliphatic heterocycles. The van der Waals surface area contributed by atoms with Crippen LogP contribution >= 0.6 is 0 Å². The Morgan fingerprint density at radius 2 is 2.13 bits per heavy atom. The van der Waals surface area contributed by atoms with Gasteiger partial charge in [-0.3, -0.25) is 9.59 Å². The molecular formula is C16H25N5O2. The van der Waals surface area contributed by atoms with E-state index in [0.717, 1.165) is 25.0 Å². The largest absolute Gasteiger partial charge is 0.368 e. The number of likely N-dealkylation sites (tertiary alicyclic amines) is 1. The summed E-state index contributed by atoms with van der Waals surface area (Å²) >= 11 is 0. The number of nitrogens with zero attached hydrogens (tertiary/aromatic N) is 3. The number of carbonyl (C=O) groups excluding carboxylic acids is 2. The SMILES string of the molecule is CNC(=O)[C@@H]1CCCCN1C(=O)c1cc(CC(C)C)nc(N)n1. The molecule has 7 nitrogen and oxygen atoms in total. The molecule has 0 bridgehead atoms. The lowest BCUT2D eigenvalue weighted by Gasteiger charge is -2.34. The zero-order valence-electron chi connectivity index (χ0n) is 14.0. The van der Waals surface area contributed by atoms with Crippen LogP contribution in [0.2, 0.25) is 0 Å². The third-order valence-corrected chi connectivity index (χ3v) is 3.95. The Morgan fingerprint density at radius 1 is 1.39 bits per heavy atom. The monoisotopic (exact) mass is 319 g/mol. The van der Waals surface area contributed by atoms with E-state index in [2.05, 4.69) is 29.1 Å². The van der Waals surface area contributed by atoms with Crippen LogP contribution in [0, 0.1) is 5.92 Å². The quantitative estimate of drug-likeness (QED) is 0.862. The Hall–Kier alpha value is -2.18. The van der Waals surface area contributed by atoms with Gasteiger partial charge in [0, 0.05) is 19.3 Å². The van der Waals surface area contributed by atoms with Gasteiger partial charge in [-0.2, -0.15) is 0 Å². The highest BCUT2D eigenvalue weighted by atomic mass is 16.2. The summed E-state index contributed by atoms with van der Waals surface area (Å²) in [4.78, 5) is 34.7. The molecule has 2 heterocycles. The van der Waals surface area contributed by atoms with Crippen molar-refractivity contribution in [1.29, 1.82) is 0 Å². The zero-order chi connectivity index (χ0) is 17.0. The van der Waals surface area contributed by atoms with Crippen molar-refractivity contribution in [2.45, 2.75) is 45.6 Å². The highest BCUT2D eigenvalue weighted by Gasteiger charge is 2.32. The molecule has 7 heteroatoms. The van der Waals surface area contributed by atoms with Crippen LogP contribution in [0.3, 0.4) is 0 Å². The second-order valence-electron chi connectivity index (χ2n) is 6.33. The minimum Gasteiger partial charge on any atom is -0.368 e. The second-order valence-corrected chi connectivity index (χ2v) is 6.33. The third kappa shape index (κ3) is 4.18. The van der Waals surface area contributed by atoms with E-state index in [4.69, 9.17) is 5.73 Å². The van der Waals surface area contributed by atoms with E-state index in [0.29, 0.717) is 18.9 Å². The predicted octanol–water partition coefficient (Wildman–Crippen LogP) is 0.998. The van der Waals surface area contributed by atoms with Crippen LogP contribution in [0.15, 0.2) is 6.07 Å². The van der Waals surface area contributed by atoms with Gasteiger partial charge in [-0.25, -0.2) is 9.97 Å². The van der Waals surface area contributed by atoms with Crippen LogP contribution < -0.4 is 11.1 Å². The summed E-state index contributed by atoms with van der Waals surface area (Å²) in [5, 5.41) is 2.63. The van der Waals surface area contributed by atoms with Gasteiger partial charge in [0.05, 0.1) is 0 Å². The van der Waals surface area contributed by atoms with Gasteiger partial charge < -0.3 is 16.0 Å². The summed E-state index contributed by atoms with van der Waals surface area (Å²) in [5.74, 6) is 0.112. The van der Waals surface area contributed by atoms with Crippen molar-refractivity contribution in [2.75, 3.05) is 19.3 Å². The summed E-state index contributed by atoms with van der Waals surface area (Å²) in [6.45, 7) is 4.71. The topological polar surface area (TPSA) is 101 Å². The molecule has 0 saturated carbocycles. The van der Waals surface area contributed by atoms with Crippen molar-refractivity contribution in [2.24, 2.45) is 5.92 Å². The number of aromatic nitrogens is 2. The minimum atomic E-state index is -0.439. The Kier molecular flexibility index (Phi) is 5.52. The van der Waals surface area contributed by atoms with E-state index in [-0.39, 0.29) is 23.5 Å². The van der Waals surface area contributed by atoms with Crippen LogP contribution in [0.5, 0.6) is 0 Å². The highest BCUT2D eigenvalue weighted by molar-refractivity contribution is 5.96. The van der Waals surface area contributed by atoms with E-state index in [1.165, 1.54) is 0 Å². The number of nitrogens with two attached hydrogens (primary N) is 1. The van der Waals surface area contributed by atoms with Crippen LogP contribution in [-0.2, 0) is 11.2 Å². The summed E-state index contributed by atoms with van der Waals surface area (Å²) in [6.07, 6.45) is 3.22. The molecule has 1 atom stereocenters. The Bertz CT molecular complexity index is 588. The minimum absolute atomic E-state index is 0.0972. The fourth-order valence-electron chi connectivity index (χ4n) is 2.91. The molecule has 126 valence electrons. The normalized spacial score (nSPS) is 18.1. The first-order valence-electron chi connectivity index (χ1n) is 8.08. The standard InChI is InChI=1S/C16H25N5O2/c1-10(2)8-11-9-12(20-16(17)19-11)15(23)21-7-5-4-6-13(21)14(22)18-3/h9-10,13H,4-8H2,1-3H3,(H,18,22)(H2,17,19,20)/t13-/m0/s1. The van der Waals surface area contributed by atoms with Gasteiger partial charge >= 0.3 is 0 Å². The Labute approximate surface area is 136 Å². The fourth-order valence-corrected chi connectivity index (χ4v) is 2.91. The van der Waals surface area contributed by atoms with Gasteiger partial charge in [-0.05, 0) is 37.7 Å². The summed E-state index contributed by atoms with van der Waals surface area (Å²) < 4.78 is 0. The highest BCUT2D eigenvalue weighted by Crippen LogP contribution is 2.20.